The quantitative estimate of drug-likeness (QED) is 0.722. The molecule has 1 aliphatic carbocycles. The number of benzene rings is 1. The van der Waals surface area contributed by atoms with Gasteiger partial charge in [-0.2, -0.15) is 5.10 Å². The van der Waals surface area contributed by atoms with Crippen LogP contribution in [-0.4, -0.2) is 20.2 Å². The second kappa shape index (κ2) is 4.16. The molecule has 4 heteroatoms. The van der Waals surface area contributed by atoms with Crippen molar-refractivity contribution in [2.24, 2.45) is 0 Å². The van der Waals surface area contributed by atoms with E-state index in [2.05, 4.69) is 38.4 Å². The Kier molecular flexibility index (Phi) is 2.33. The highest BCUT2D eigenvalue weighted by Crippen LogP contribution is 2.29. The van der Waals surface area contributed by atoms with Gasteiger partial charge in [-0.25, -0.2) is 9.97 Å². The lowest BCUT2D eigenvalue weighted by Gasteiger charge is -2.16. The van der Waals surface area contributed by atoms with Crippen molar-refractivity contribution in [3.63, 3.8) is 0 Å². The minimum Gasteiger partial charge on any atom is -0.261 e. The monoisotopic (exact) mass is 250 g/mol. The Morgan fingerprint density at radius 1 is 1.00 bits per heavy atom. The summed E-state index contributed by atoms with van der Waals surface area (Å²) in [6.07, 6.45) is 8.38. The minimum absolute atomic E-state index is 0.794. The number of nitrogens with zero attached hydrogens (tertiary/aromatic N) is 3. The first-order valence-electron chi connectivity index (χ1n) is 6.68. The number of nitrogens with one attached hydrogen (secondary N) is 1. The minimum atomic E-state index is 0.794. The van der Waals surface area contributed by atoms with Gasteiger partial charge >= 0.3 is 0 Å². The zero-order valence-electron chi connectivity index (χ0n) is 10.6. The lowest BCUT2D eigenvalue weighted by molar-refractivity contribution is 0.686. The molecule has 0 unspecified atom stereocenters. The van der Waals surface area contributed by atoms with Crippen LogP contribution in [0.25, 0.3) is 22.3 Å². The van der Waals surface area contributed by atoms with E-state index in [4.69, 9.17) is 0 Å². The standard InChI is InChI=1S/C15H14N4/c1-2-4-11-7-12(6-5-10(11)3-1)14-13-8-18-19-15(13)17-9-16-14/h5-9H,1-4H2,(H,16,17,18,19). The average molecular weight is 250 g/mol. The van der Waals surface area contributed by atoms with Gasteiger partial charge in [-0.15, -0.1) is 0 Å². The molecule has 1 aromatic carbocycles. The Bertz CT molecular complexity index is 745. The summed E-state index contributed by atoms with van der Waals surface area (Å²) in [7, 11) is 0. The number of rotatable bonds is 1. The van der Waals surface area contributed by atoms with E-state index in [-0.39, 0.29) is 0 Å². The molecule has 0 saturated heterocycles. The van der Waals surface area contributed by atoms with Crippen LogP contribution in [0.1, 0.15) is 24.0 Å². The maximum absolute atomic E-state index is 4.43. The van der Waals surface area contributed by atoms with Crippen molar-refractivity contribution in [1.82, 2.24) is 20.2 Å². The Hall–Kier alpha value is -2.23. The van der Waals surface area contributed by atoms with E-state index in [9.17, 15) is 0 Å². The molecule has 0 aliphatic heterocycles. The van der Waals surface area contributed by atoms with E-state index < -0.39 is 0 Å². The number of aromatic nitrogens is 4. The fourth-order valence-electron chi connectivity index (χ4n) is 2.88. The van der Waals surface area contributed by atoms with Gasteiger partial charge in [0.25, 0.3) is 0 Å². The van der Waals surface area contributed by atoms with Crippen molar-refractivity contribution in [2.45, 2.75) is 25.7 Å². The van der Waals surface area contributed by atoms with Crippen molar-refractivity contribution in [3.05, 3.63) is 41.9 Å². The fraction of sp³-hybridized carbons (Fsp3) is 0.267. The van der Waals surface area contributed by atoms with Crippen LogP contribution in [0.15, 0.2) is 30.7 Å². The molecule has 4 rings (SSSR count). The first-order chi connectivity index (χ1) is 9.42. The second-order valence-corrected chi connectivity index (χ2v) is 5.05. The summed E-state index contributed by atoms with van der Waals surface area (Å²) < 4.78 is 0. The van der Waals surface area contributed by atoms with Crippen molar-refractivity contribution in [1.29, 1.82) is 0 Å². The van der Waals surface area contributed by atoms with Gasteiger partial charge in [0.1, 0.15) is 6.33 Å². The number of hydrogen-bond donors (Lipinski definition) is 1. The Balaban J connectivity index is 1.90. The molecule has 3 aromatic rings. The van der Waals surface area contributed by atoms with Gasteiger partial charge in [-0.3, -0.25) is 5.10 Å². The normalized spacial score (nSPS) is 14.5. The molecule has 0 saturated carbocycles. The van der Waals surface area contributed by atoms with E-state index >= 15 is 0 Å². The van der Waals surface area contributed by atoms with Gasteiger partial charge in [0, 0.05) is 5.56 Å². The van der Waals surface area contributed by atoms with Crippen molar-refractivity contribution >= 4 is 11.0 Å². The van der Waals surface area contributed by atoms with Gasteiger partial charge < -0.3 is 0 Å². The van der Waals surface area contributed by atoms with Gasteiger partial charge in [0.2, 0.25) is 0 Å². The predicted octanol–water partition coefficient (Wildman–Crippen LogP) is 2.90. The molecular weight excluding hydrogens is 236 g/mol. The molecule has 0 radical (unpaired) electrons. The Morgan fingerprint density at radius 2 is 1.89 bits per heavy atom. The summed E-state index contributed by atoms with van der Waals surface area (Å²) in [4.78, 5) is 8.61. The summed E-state index contributed by atoms with van der Waals surface area (Å²) >= 11 is 0. The lowest BCUT2D eigenvalue weighted by Crippen LogP contribution is -2.02. The molecule has 0 atom stereocenters. The smallest absolute Gasteiger partial charge is 0.159 e. The van der Waals surface area contributed by atoms with Crippen molar-refractivity contribution < 1.29 is 0 Å². The molecule has 2 aromatic heterocycles. The molecule has 0 fully saturated rings. The molecule has 94 valence electrons. The average Bonchev–Trinajstić information content (AvgIpc) is 2.95. The molecule has 0 bridgehead atoms. The van der Waals surface area contributed by atoms with Crippen LogP contribution in [0.3, 0.4) is 0 Å². The van der Waals surface area contributed by atoms with Gasteiger partial charge in [0.15, 0.2) is 5.65 Å². The highest BCUT2D eigenvalue weighted by atomic mass is 15.1. The summed E-state index contributed by atoms with van der Waals surface area (Å²) in [5.74, 6) is 0. The number of fused-ring (bicyclic) bond motifs is 2. The van der Waals surface area contributed by atoms with Crippen LogP contribution in [0.2, 0.25) is 0 Å². The first-order valence-corrected chi connectivity index (χ1v) is 6.68. The number of aryl methyl sites for hydroxylation is 2. The van der Waals surface area contributed by atoms with Crippen LogP contribution < -0.4 is 0 Å². The molecule has 1 aliphatic rings. The molecule has 19 heavy (non-hydrogen) atoms. The molecular formula is C15H14N4. The number of hydrogen-bond acceptors (Lipinski definition) is 3. The summed E-state index contributed by atoms with van der Waals surface area (Å²) in [5.41, 5.74) is 5.88. The summed E-state index contributed by atoms with van der Waals surface area (Å²) in [5, 5.41) is 7.92. The van der Waals surface area contributed by atoms with Crippen LogP contribution in [0.5, 0.6) is 0 Å². The molecule has 0 spiro atoms. The topological polar surface area (TPSA) is 54.5 Å². The van der Waals surface area contributed by atoms with E-state index in [0.717, 1.165) is 22.3 Å². The first kappa shape index (κ1) is 10.7. The number of H-pyrrole nitrogens is 1. The molecule has 0 amide bonds. The van der Waals surface area contributed by atoms with E-state index in [0.29, 0.717) is 0 Å². The fourth-order valence-corrected chi connectivity index (χ4v) is 2.88. The third kappa shape index (κ3) is 1.71. The highest BCUT2D eigenvalue weighted by molar-refractivity contribution is 5.89. The maximum atomic E-state index is 4.43. The molecule has 2 heterocycles. The third-order valence-electron chi connectivity index (χ3n) is 3.87. The van der Waals surface area contributed by atoms with Gasteiger partial charge in [-0.05, 0) is 42.9 Å². The van der Waals surface area contributed by atoms with Gasteiger partial charge in [-0.1, -0.05) is 12.1 Å². The number of aromatic amines is 1. The van der Waals surface area contributed by atoms with E-state index in [1.165, 1.54) is 36.8 Å². The maximum Gasteiger partial charge on any atom is 0.159 e. The van der Waals surface area contributed by atoms with Crippen molar-refractivity contribution in [2.75, 3.05) is 0 Å². The zero-order chi connectivity index (χ0) is 12.7. The van der Waals surface area contributed by atoms with E-state index in [1.807, 2.05) is 0 Å². The SMILES string of the molecule is c1nc(-c2ccc3c(c2)CCCC3)c2cn[nH]c2n1. The largest absolute Gasteiger partial charge is 0.261 e. The highest BCUT2D eigenvalue weighted by Gasteiger charge is 2.13. The van der Waals surface area contributed by atoms with Crippen LogP contribution >= 0.6 is 0 Å². The second-order valence-electron chi connectivity index (χ2n) is 5.05. The van der Waals surface area contributed by atoms with Crippen LogP contribution in [-0.2, 0) is 12.8 Å². The van der Waals surface area contributed by atoms with Crippen molar-refractivity contribution in [3.8, 4) is 11.3 Å². The van der Waals surface area contributed by atoms with Crippen LogP contribution in [0.4, 0.5) is 0 Å². The Morgan fingerprint density at radius 3 is 2.84 bits per heavy atom. The summed E-state index contributed by atoms with van der Waals surface area (Å²) in [6, 6.07) is 6.69. The Labute approximate surface area is 110 Å². The molecule has 1 N–H and O–H groups in total. The van der Waals surface area contributed by atoms with Gasteiger partial charge in [0.05, 0.1) is 17.3 Å². The summed E-state index contributed by atoms with van der Waals surface area (Å²) in [6.45, 7) is 0. The lowest BCUT2D eigenvalue weighted by atomic mass is 9.90. The van der Waals surface area contributed by atoms with Crippen LogP contribution in [0, 0.1) is 0 Å². The zero-order valence-corrected chi connectivity index (χ0v) is 10.6. The third-order valence-corrected chi connectivity index (χ3v) is 3.87. The predicted molar refractivity (Wildman–Crippen MR) is 73.8 cm³/mol. The van der Waals surface area contributed by atoms with E-state index in [1.54, 1.807) is 12.5 Å². The molecule has 4 nitrogen and oxygen atoms in total.